The van der Waals surface area contributed by atoms with Crippen molar-refractivity contribution in [2.24, 2.45) is 0 Å². The molecule has 5 heteroatoms. The maximum absolute atomic E-state index is 6.35. The lowest BCUT2D eigenvalue weighted by atomic mass is 10.0. The van der Waals surface area contributed by atoms with Crippen LogP contribution in [0.4, 0.5) is 0 Å². The molecule has 110 valence electrons. The molecule has 3 rings (SSSR count). The summed E-state index contributed by atoms with van der Waals surface area (Å²) < 4.78 is 0. The van der Waals surface area contributed by atoms with Crippen molar-refractivity contribution in [2.75, 3.05) is 6.26 Å². The first-order valence-corrected chi connectivity index (χ1v) is 8.60. The van der Waals surface area contributed by atoms with Crippen molar-refractivity contribution in [1.82, 2.24) is 9.97 Å². The van der Waals surface area contributed by atoms with E-state index in [0.717, 1.165) is 22.4 Å². The third kappa shape index (κ3) is 3.12. The smallest absolute Gasteiger partial charge is 0.217 e. The number of thioether (sulfide) groups is 1. The fourth-order valence-corrected chi connectivity index (χ4v) is 3.13. The van der Waals surface area contributed by atoms with Crippen LogP contribution in [-0.4, -0.2) is 16.2 Å². The number of aromatic nitrogens is 2. The van der Waals surface area contributed by atoms with Crippen LogP contribution in [0.2, 0.25) is 10.4 Å². The minimum Gasteiger partial charge on any atom is -0.217 e. The summed E-state index contributed by atoms with van der Waals surface area (Å²) >= 11 is 14.0. The molecule has 0 fully saturated rings. The highest BCUT2D eigenvalue weighted by atomic mass is 35.5. The quantitative estimate of drug-likeness (QED) is 0.338. The molecule has 2 nitrogen and oxygen atoms in total. The zero-order valence-corrected chi connectivity index (χ0v) is 14.1. The van der Waals surface area contributed by atoms with E-state index in [0.29, 0.717) is 5.15 Å². The molecule has 0 unspecified atom stereocenters. The van der Waals surface area contributed by atoms with E-state index >= 15 is 0 Å². The highest BCUT2D eigenvalue weighted by molar-refractivity contribution is 7.98. The van der Waals surface area contributed by atoms with Crippen LogP contribution in [0.3, 0.4) is 0 Å². The predicted molar refractivity (Wildman–Crippen MR) is 94.7 cm³/mol. The number of hydrogen-bond acceptors (Lipinski definition) is 3. The molecule has 0 N–H and O–H groups in total. The van der Waals surface area contributed by atoms with Gasteiger partial charge in [-0.1, -0.05) is 54.1 Å². The highest BCUT2D eigenvalue weighted by Gasteiger charge is 2.16. The van der Waals surface area contributed by atoms with E-state index in [1.54, 1.807) is 11.8 Å². The van der Waals surface area contributed by atoms with Gasteiger partial charge in [0.15, 0.2) is 0 Å². The Balaban J connectivity index is 2.21. The third-order valence-electron chi connectivity index (χ3n) is 3.26. The second-order valence-electron chi connectivity index (χ2n) is 4.60. The van der Waals surface area contributed by atoms with Gasteiger partial charge in [0, 0.05) is 16.0 Å². The molecular formula is C17H12Cl2N2S. The van der Waals surface area contributed by atoms with Gasteiger partial charge in [0.2, 0.25) is 5.28 Å². The summed E-state index contributed by atoms with van der Waals surface area (Å²) in [6, 6.07) is 18.0. The van der Waals surface area contributed by atoms with Crippen LogP contribution < -0.4 is 0 Å². The average molecular weight is 347 g/mol. The maximum atomic E-state index is 6.35. The standard InChI is InChI=1S/C17H12Cl2N2S/c1-22-13-9-7-11(8-10-13)14-15(12-5-3-2-4-6-12)20-17(19)21-16(14)18/h2-10H,1H3. The zero-order chi connectivity index (χ0) is 15.5. The minimum absolute atomic E-state index is 0.147. The van der Waals surface area contributed by atoms with Crippen molar-refractivity contribution in [1.29, 1.82) is 0 Å². The van der Waals surface area contributed by atoms with E-state index in [9.17, 15) is 0 Å². The van der Waals surface area contributed by atoms with E-state index in [4.69, 9.17) is 23.2 Å². The molecule has 0 spiro atoms. The molecule has 1 heterocycles. The normalized spacial score (nSPS) is 10.7. The van der Waals surface area contributed by atoms with Gasteiger partial charge in [-0.05, 0) is 35.6 Å². The molecule has 0 radical (unpaired) electrons. The van der Waals surface area contributed by atoms with Gasteiger partial charge in [0.05, 0.1) is 5.69 Å². The van der Waals surface area contributed by atoms with Gasteiger partial charge in [0.1, 0.15) is 5.15 Å². The summed E-state index contributed by atoms with van der Waals surface area (Å²) in [5.74, 6) is 0. The fraction of sp³-hybridized carbons (Fsp3) is 0.0588. The van der Waals surface area contributed by atoms with Gasteiger partial charge < -0.3 is 0 Å². The molecule has 0 bridgehead atoms. The summed E-state index contributed by atoms with van der Waals surface area (Å²) in [5.41, 5.74) is 3.46. The van der Waals surface area contributed by atoms with Crippen molar-refractivity contribution in [3.63, 3.8) is 0 Å². The Morgan fingerprint density at radius 2 is 1.50 bits per heavy atom. The van der Waals surface area contributed by atoms with E-state index in [1.165, 1.54) is 4.90 Å². The largest absolute Gasteiger partial charge is 0.224 e. The molecule has 0 aliphatic rings. The van der Waals surface area contributed by atoms with Crippen LogP contribution in [0, 0.1) is 0 Å². The molecular weight excluding hydrogens is 335 g/mol. The third-order valence-corrected chi connectivity index (χ3v) is 4.45. The average Bonchev–Trinajstić information content (AvgIpc) is 2.55. The number of hydrogen-bond donors (Lipinski definition) is 0. The summed E-state index contributed by atoms with van der Waals surface area (Å²) in [6.07, 6.45) is 2.04. The van der Waals surface area contributed by atoms with Crippen molar-refractivity contribution in [3.8, 4) is 22.4 Å². The van der Waals surface area contributed by atoms with E-state index in [1.807, 2.05) is 48.7 Å². The molecule has 0 amide bonds. The van der Waals surface area contributed by atoms with Gasteiger partial charge >= 0.3 is 0 Å². The van der Waals surface area contributed by atoms with Crippen molar-refractivity contribution in [3.05, 3.63) is 65.0 Å². The molecule has 0 saturated carbocycles. The summed E-state index contributed by atoms with van der Waals surface area (Å²) in [4.78, 5) is 9.67. The Kier molecular flexibility index (Phi) is 4.67. The zero-order valence-electron chi connectivity index (χ0n) is 11.8. The summed E-state index contributed by atoms with van der Waals surface area (Å²) in [5, 5.41) is 0.504. The van der Waals surface area contributed by atoms with E-state index < -0.39 is 0 Å². The molecule has 1 aromatic heterocycles. The van der Waals surface area contributed by atoms with Crippen molar-refractivity contribution in [2.45, 2.75) is 4.90 Å². The van der Waals surface area contributed by atoms with Gasteiger partial charge in [-0.15, -0.1) is 11.8 Å². The molecule has 22 heavy (non-hydrogen) atoms. The first-order chi connectivity index (χ1) is 10.7. The molecule has 3 aromatic rings. The Morgan fingerprint density at radius 1 is 0.818 bits per heavy atom. The van der Waals surface area contributed by atoms with Gasteiger partial charge in [0.25, 0.3) is 0 Å². The SMILES string of the molecule is CSc1ccc(-c2c(Cl)nc(Cl)nc2-c2ccccc2)cc1. The Morgan fingerprint density at radius 3 is 2.14 bits per heavy atom. The Hall–Kier alpha value is -1.55. The number of rotatable bonds is 3. The topological polar surface area (TPSA) is 25.8 Å². The van der Waals surface area contributed by atoms with Crippen molar-refractivity contribution < 1.29 is 0 Å². The molecule has 0 atom stereocenters. The summed E-state index contributed by atoms with van der Waals surface area (Å²) in [7, 11) is 0. The van der Waals surface area contributed by atoms with Crippen LogP contribution in [0.25, 0.3) is 22.4 Å². The Labute approximate surface area is 143 Å². The number of benzene rings is 2. The predicted octanol–water partition coefficient (Wildman–Crippen LogP) is 5.84. The van der Waals surface area contributed by atoms with E-state index in [-0.39, 0.29) is 5.28 Å². The lowest BCUT2D eigenvalue weighted by Gasteiger charge is -2.11. The second kappa shape index (κ2) is 6.69. The maximum Gasteiger partial charge on any atom is 0.224 e. The monoisotopic (exact) mass is 346 g/mol. The van der Waals surface area contributed by atoms with Crippen LogP contribution in [0.15, 0.2) is 59.5 Å². The molecule has 2 aromatic carbocycles. The van der Waals surface area contributed by atoms with Gasteiger partial charge in [-0.25, -0.2) is 9.97 Å². The minimum atomic E-state index is 0.147. The lowest BCUT2D eigenvalue weighted by Crippen LogP contribution is -1.95. The fourth-order valence-electron chi connectivity index (χ4n) is 2.23. The van der Waals surface area contributed by atoms with Gasteiger partial charge in [-0.2, -0.15) is 0 Å². The Bertz CT molecular complexity index is 790. The second-order valence-corrected chi connectivity index (χ2v) is 6.18. The molecule has 0 saturated heterocycles. The first-order valence-electron chi connectivity index (χ1n) is 6.62. The molecule has 0 aliphatic carbocycles. The van der Waals surface area contributed by atoms with Gasteiger partial charge in [-0.3, -0.25) is 0 Å². The molecule has 0 aliphatic heterocycles. The number of nitrogens with zero attached hydrogens (tertiary/aromatic N) is 2. The van der Waals surface area contributed by atoms with Crippen LogP contribution >= 0.6 is 35.0 Å². The lowest BCUT2D eigenvalue weighted by molar-refractivity contribution is 1.17. The van der Waals surface area contributed by atoms with E-state index in [2.05, 4.69) is 22.1 Å². The first kappa shape index (κ1) is 15.3. The number of halogens is 2. The summed E-state index contributed by atoms with van der Waals surface area (Å²) in [6.45, 7) is 0. The van der Waals surface area contributed by atoms with Crippen LogP contribution in [0.5, 0.6) is 0 Å². The van der Waals surface area contributed by atoms with Crippen LogP contribution in [-0.2, 0) is 0 Å². The highest BCUT2D eigenvalue weighted by Crippen LogP contribution is 2.36. The van der Waals surface area contributed by atoms with Crippen LogP contribution in [0.1, 0.15) is 0 Å². The van der Waals surface area contributed by atoms with Crippen molar-refractivity contribution >= 4 is 35.0 Å².